The Balaban J connectivity index is 2.12. The molecule has 0 radical (unpaired) electrons. The molecule has 120 valence electrons. The molecule has 0 saturated carbocycles. The van der Waals surface area contributed by atoms with Gasteiger partial charge in [-0.3, -0.25) is 0 Å². The lowest BCUT2D eigenvalue weighted by atomic mass is 10.2. The van der Waals surface area contributed by atoms with Crippen molar-refractivity contribution in [3.63, 3.8) is 0 Å². The summed E-state index contributed by atoms with van der Waals surface area (Å²) in [6.45, 7) is 8.38. The minimum atomic E-state index is -3.39. The fourth-order valence-electron chi connectivity index (χ4n) is 2.45. The molecule has 1 fully saturated rings. The van der Waals surface area contributed by atoms with Gasteiger partial charge in [-0.05, 0) is 26.0 Å². The van der Waals surface area contributed by atoms with Crippen LogP contribution in [0.2, 0.25) is 0 Å². The van der Waals surface area contributed by atoms with Crippen molar-refractivity contribution >= 4 is 21.8 Å². The van der Waals surface area contributed by atoms with Crippen LogP contribution in [0.5, 0.6) is 0 Å². The second kappa shape index (κ2) is 7.17. The summed E-state index contributed by atoms with van der Waals surface area (Å²) in [6.07, 6.45) is 2.67. The number of H-pyrrole nitrogens is 1. The first-order chi connectivity index (χ1) is 9.96. The zero-order valence-electron chi connectivity index (χ0n) is 12.9. The van der Waals surface area contributed by atoms with Crippen molar-refractivity contribution in [2.75, 3.05) is 18.8 Å². The normalized spacial score (nSPS) is 24.3. The number of sulfonamides is 1. The van der Waals surface area contributed by atoms with Crippen molar-refractivity contribution in [2.45, 2.75) is 49.9 Å². The van der Waals surface area contributed by atoms with Crippen molar-refractivity contribution in [2.24, 2.45) is 0 Å². The Kier molecular flexibility index (Phi) is 5.76. The number of nitrogens with zero attached hydrogens (tertiary/aromatic N) is 1. The van der Waals surface area contributed by atoms with E-state index < -0.39 is 10.0 Å². The molecule has 1 saturated heterocycles. The molecule has 1 aromatic heterocycles. The van der Waals surface area contributed by atoms with Crippen LogP contribution in [0.25, 0.3) is 0 Å². The first-order valence-corrected chi connectivity index (χ1v) is 9.97. The molecule has 0 amide bonds. The van der Waals surface area contributed by atoms with Crippen LogP contribution in [0.3, 0.4) is 0 Å². The largest absolute Gasteiger partial charge is 0.363 e. The Hall–Kier alpha value is -0.500. The predicted molar refractivity (Wildman–Crippen MR) is 88.1 cm³/mol. The van der Waals surface area contributed by atoms with Gasteiger partial charge in [0.05, 0.1) is 4.90 Å². The SMILES string of the molecule is CCCNCc1cc(S(=O)(=O)N2CCSC(C)C2C)c[nH]1. The lowest BCUT2D eigenvalue weighted by molar-refractivity contribution is 0.340. The highest BCUT2D eigenvalue weighted by atomic mass is 32.2. The quantitative estimate of drug-likeness (QED) is 0.783. The molecule has 1 aliphatic heterocycles. The highest BCUT2D eigenvalue weighted by molar-refractivity contribution is 8.00. The van der Waals surface area contributed by atoms with E-state index in [1.807, 2.05) is 18.7 Å². The van der Waals surface area contributed by atoms with Crippen molar-refractivity contribution in [1.29, 1.82) is 0 Å². The summed E-state index contributed by atoms with van der Waals surface area (Å²) in [4.78, 5) is 3.44. The van der Waals surface area contributed by atoms with Crippen LogP contribution in [0.4, 0.5) is 0 Å². The monoisotopic (exact) mass is 331 g/mol. The van der Waals surface area contributed by atoms with E-state index in [1.165, 1.54) is 0 Å². The highest BCUT2D eigenvalue weighted by Gasteiger charge is 2.35. The third-order valence-electron chi connectivity index (χ3n) is 3.89. The molecule has 1 aliphatic rings. The zero-order chi connectivity index (χ0) is 15.5. The third kappa shape index (κ3) is 3.83. The molecule has 0 aromatic carbocycles. The molecule has 0 spiro atoms. The second-order valence-corrected chi connectivity index (χ2v) is 8.85. The number of thioether (sulfide) groups is 1. The van der Waals surface area contributed by atoms with Crippen molar-refractivity contribution in [3.05, 3.63) is 18.0 Å². The van der Waals surface area contributed by atoms with Gasteiger partial charge in [0.2, 0.25) is 10.0 Å². The van der Waals surface area contributed by atoms with Gasteiger partial charge in [-0.1, -0.05) is 13.8 Å². The topological polar surface area (TPSA) is 65.2 Å². The Bertz CT molecular complexity index is 556. The molecule has 0 aliphatic carbocycles. The van der Waals surface area contributed by atoms with Crippen LogP contribution in [0.15, 0.2) is 17.2 Å². The average Bonchev–Trinajstić information content (AvgIpc) is 2.91. The maximum absolute atomic E-state index is 12.8. The summed E-state index contributed by atoms with van der Waals surface area (Å²) >= 11 is 1.84. The first-order valence-electron chi connectivity index (χ1n) is 7.48. The van der Waals surface area contributed by atoms with E-state index in [4.69, 9.17) is 0 Å². The molecule has 1 aromatic rings. The van der Waals surface area contributed by atoms with Gasteiger partial charge in [0.15, 0.2) is 0 Å². The summed E-state index contributed by atoms with van der Waals surface area (Å²) in [5, 5.41) is 3.60. The average molecular weight is 332 g/mol. The van der Waals surface area contributed by atoms with Crippen LogP contribution in [-0.2, 0) is 16.6 Å². The molecule has 2 atom stereocenters. The van der Waals surface area contributed by atoms with Gasteiger partial charge in [-0.25, -0.2) is 8.42 Å². The van der Waals surface area contributed by atoms with Crippen LogP contribution in [-0.4, -0.2) is 47.8 Å². The summed E-state index contributed by atoms with van der Waals surface area (Å²) in [6, 6.07) is 1.78. The second-order valence-electron chi connectivity index (χ2n) is 5.47. The number of rotatable bonds is 6. The molecule has 2 N–H and O–H groups in total. The van der Waals surface area contributed by atoms with Gasteiger partial charge < -0.3 is 10.3 Å². The highest BCUT2D eigenvalue weighted by Crippen LogP contribution is 2.29. The molecular weight excluding hydrogens is 306 g/mol. The van der Waals surface area contributed by atoms with Gasteiger partial charge >= 0.3 is 0 Å². The number of hydrogen-bond donors (Lipinski definition) is 2. The molecule has 0 bridgehead atoms. The number of aromatic amines is 1. The fraction of sp³-hybridized carbons (Fsp3) is 0.714. The van der Waals surface area contributed by atoms with E-state index in [2.05, 4.69) is 24.1 Å². The van der Waals surface area contributed by atoms with E-state index in [-0.39, 0.29) is 6.04 Å². The van der Waals surface area contributed by atoms with Crippen LogP contribution in [0.1, 0.15) is 32.9 Å². The van der Waals surface area contributed by atoms with Crippen molar-refractivity contribution in [1.82, 2.24) is 14.6 Å². The number of nitrogens with one attached hydrogen (secondary N) is 2. The zero-order valence-corrected chi connectivity index (χ0v) is 14.6. The fourth-order valence-corrected chi connectivity index (χ4v) is 5.46. The molecular formula is C14H25N3O2S2. The van der Waals surface area contributed by atoms with Gasteiger partial charge in [0, 0.05) is 42.0 Å². The lowest BCUT2D eigenvalue weighted by Crippen LogP contribution is -2.47. The summed E-state index contributed by atoms with van der Waals surface area (Å²) in [5.41, 5.74) is 0.911. The Morgan fingerprint density at radius 2 is 2.24 bits per heavy atom. The van der Waals surface area contributed by atoms with E-state index >= 15 is 0 Å². The minimum absolute atomic E-state index is 0.0327. The molecule has 2 rings (SSSR count). The minimum Gasteiger partial charge on any atom is -0.363 e. The Morgan fingerprint density at radius 3 is 2.95 bits per heavy atom. The van der Waals surface area contributed by atoms with Gasteiger partial charge in [0.1, 0.15) is 0 Å². The molecule has 2 heterocycles. The predicted octanol–water partition coefficient (Wildman–Crippen LogP) is 2.03. The lowest BCUT2D eigenvalue weighted by Gasteiger charge is -2.36. The van der Waals surface area contributed by atoms with Crippen molar-refractivity contribution in [3.8, 4) is 0 Å². The van der Waals surface area contributed by atoms with Crippen LogP contribution < -0.4 is 5.32 Å². The summed E-state index contributed by atoms with van der Waals surface area (Å²) in [7, 11) is -3.39. The molecule has 21 heavy (non-hydrogen) atoms. The summed E-state index contributed by atoms with van der Waals surface area (Å²) in [5.74, 6) is 0.861. The first kappa shape index (κ1) is 16.9. The Labute approximate surface area is 131 Å². The molecule has 2 unspecified atom stereocenters. The Morgan fingerprint density at radius 1 is 1.48 bits per heavy atom. The van der Waals surface area contributed by atoms with Gasteiger partial charge in [-0.15, -0.1) is 0 Å². The van der Waals surface area contributed by atoms with E-state index in [9.17, 15) is 8.42 Å². The number of aromatic nitrogens is 1. The maximum Gasteiger partial charge on any atom is 0.244 e. The van der Waals surface area contributed by atoms with Crippen molar-refractivity contribution < 1.29 is 8.42 Å². The summed E-state index contributed by atoms with van der Waals surface area (Å²) < 4.78 is 27.2. The van der Waals surface area contributed by atoms with Crippen LogP contribution in [0, 0.1) is 0 Å². The smallest absolute Gasteiger partial charge is 0.244 e. The van der Waals surface area contributed by atoms with Crippen LogP contribution >= 0.6 is 11.8 Å². The molecule has 5 nitrogen and oxygen atoms in total. The maximum atomic E-state index is 12.8. The number of hydrogen-bond acceptors (Lipinski definition) is 4. The van der Waals surface area contributed by atoms with Gasteiger partial charge in [-0.2, -0.15) is 16.1 Å². The standard InChI is InChI=1S/C14H25N3O2S2/c1-4-5-15-9-13-8-14(10-16-13)21(18,19)17-6-7-20-12(3)11(17)2/h8,10-12,15-16H,4-7,9H2,1-3H3. The third-order valence-corrected chi connectivity index (χ3v) is 7.19. The van der Waals surface area contributed by atoms with E-state index in [1.54, 1.807) is 16.6 Å². The molecule has 7 heteroatoms. The van der Waals surface area contributed by atoms with E-state index in [0.29, 0.717) is 23.2 Å². The van der Waals surface area contributed by atoms with E-state index in [0.717, 1.165) is 24.4 Å². The van der Waals surface area contributed by atoms with Gasteiger partial charge in [0.25, 0.3) is 0 Å².